The zero-order valence-electron chi connectivity index (χ0n) is 16.4. The Bertz CT molecular complexity index is 981. The number of nitrogens with one attached hydrogen (secondary N) is 1. The van der Waals surface area contributed by atoms with Gasteiger partial charge in [0.15, 0.2) is 0 Å². The van der Waals surface area contributed by atoms with E-state index in [1.165, 1.54) is 48.8 Å². The number of rotatable bonds is 7. The Morgan fingerprint density at radius 2 is 1.90 bits per heavy atom. The molecule has 8 nitrogen and oxygen atoms in total. The lowest BCUT2D eigenvalue weighted by Crippen LogP contribution is -2.64. The van der Waals surface area contributed by atoms with Gasteiger partial charge in [0, 0.05) is 13.0 Å². The van der Waals surface area contributed by atoms with E-state index in [1.807, 2.05) is 0 Å². The first-order valence-corrected chi connectivity index (χ1v) is 10.7. The van der Waals surface area contributed by atoms with Crippen LogP contribution in [0.2, 0.25) is 0 Å². The summed E-state index contributed by atoms with van der Waals surface area (Å²) in [5, 5.41) is 9.01. The maximum absolute atomic E-state index is 13.1. The average molecular weight is 438 g/mol. The van der Waals surface area contributed by atoms with Crippen molar-refractivity contribution in [2.24, 2.45) is 0 Å². The zero-order chi connectivity index (χ0) is 21.8. The maximum Gasteiger partial charge on any atom is 0.266 e. The van der Waals surface area contributed by atoms with E-state index in [0.717, 1.165) is 9.87 Å². The van der Waals surface area contributed by atoms with Gasteiger partial charge in [0.05, 0.1) is 24.7 Å². The predicted octanol–water partition coefficient (Wildman–Crippen LogP) is 1.73. The summed E-state index contributed by atoms with van der Waals surface area (Å²) in [4.78, 5) is 12.1. The summed E-state index contributed by atoms with van der Waals surface area (Å²) in [6.07, 6.45) is 0.572. The quantitative estimate of drug-likeness (QED) is 0.504. The van der Waals surface area contributed by atoms with Crippen LogP contribution in [0.25, 0.3) is 0 Å². The van der Waals surface area contributed by atoms with E-state index in [1.54, 1.807) is 12.1 Å². The minimum Gasteiger partial charge on any atom is -0.493 e. The Morgan fingerprint density at radius 3 is 2.53 bits per heavy atom. The number of nitrogens with zero attached hydrogens (tertiary/aromatic N) is 1. The van der Waals surface area contributed by atoms with E-state index in [4.69, 9.17) is 14.7 Å². The highest BCUT2D eigenvalue weighted by atomic mass is 32.2. The normalized spacial score (nSPS) is 20.0. The van der Waals surface area contributed by atoms with E-state index in [2.05, 4.69) is 0 Å². The molecule has 1 amide bonds. The molecule has 2 aromatic carbocycles. The van der Waals surface area contributed by atoms with Gasteiger partial charge >= 0.3 is 0 Å². The van der Waals surface area contributed by atoms with Gasteiger partial charge in [0.25, 0.3) is 5.91 Å². The molecular weight excluding hydrogens is 415 g/mol. The van der Waals surface area contributed by atoms with Gasteiger partial charge in [-0.1, -0.05) is 12.1 Å². The lowest BCUT2D eigenvalue weighted by molar-refractivity contribution is -0.146. The third-order valence-corrected chi connectivity index (χ3v) is 6.98. The molecule has 0 unspecified atom stereocenters. The maximum atomic E-state index is 13.1. The minimum absolute atomic E-state index is 0.00718. The number of ether oxygens (including phenoxy) is 2. The van der Waals surface area contributed by atoms with Crippen molar-refractivity contribution in [1.82, 2.24) is 9.79 Å². The lowest BCUT2D eigenvalue weighted by Gasteiger charge is -2.41. The largest absolute Gasteiger partial charge is 0.493 e. The van der Waals surface area contributed by atoms with Gasteiger partial charge in [-0.25, -0.2) is 18.3 Å². The molecule has 1 heterocycles. The second kappa shape index (κ2) is 9.09. The monoisotopic (exact) mass is 438 g/mol. The number of sulfonamides is 1. The van der Waals surface area contributed by atoms with E-state index < -0.39 is 21.5 Å². The van der Waals surface area contributed by atoms with Gasteiger partial charge in [0.2, 0.25) is 10.0 Å². The summed E-state index contributed by atoms with van der Waals surface area (Å²) in [5.74, 6) is -0.690. The molecule has 0 aromatic heterocycles. The van der Waals surface area contributed by atoms with Crippen molar-refractivity contribution >= 4 is 15.9 Å². The number of amides is 1. The summed E-state index contributed by atoms with van der Waals surface area (Å²) in [5.41, 5.74) is 0.859. The number of morpholine rings is 1. The Balaban J connectivity index is 1.69. The predicted molar refractivity (Wildman–Crippen MR) is 105 cm³/mol. The molecular formula is C20H23FN2O6S. The molecule has 1 aliphatic heterocycles. The molecule has 1 fully saturated rings. The topological polar surface area (TPSA) is 105 Å². The molecule has 1 atom stereocenters. The van der Waals surface area contributed by atoms with Crippen molar-refractivity contribution in [1.29, 1.82) is 0 Å². The van der Waals surface area contributed by atoms with Crippen LogP contribution in [0.5, 0.6) is 5.75 Å². The molecule has 2 aromatic rings. The van der Waals surface area contributed by atoms with Gasteiger partial charge in [0.1, 0.15) is 17.1 Å². The molecule has 0 spiro atoms. The van der Waals surface area contributed by atoms with Gasteiger partial charge in [-0.2, -0.15) is 4.31 Å². The molecule has 10 heteroatoms. The van der Waals surface area contributed by atoms with Crippen LogP contribution in [-0.2, 0) is 26.0 Å². The fourth-order valence-electron chi connectivity index (χ4n) is 3.19. The summed E-state index contributed by atoms with van der Waals surface area (Å²) in [6, 6.07) is 12.0. The standard InChI is InChI=1S/C20H23FN2O6S/c1-20(19(24)22-25)14-28-13-11-23(20)30(26,27)18-8-6-17(7-9-18)29-12-10-15-2-4-16(21)5-3-15/h2-9,25H,10-14H2,1H3,(H,22,24)/t20-/m1/s1. The van der Waals surface area contributed by atoms with Crippen LogP contribution in [-0.4, -0.2) is 55.7 Å². The summed E-state index contributed by atoms with van der Waals surface area (Å²) in [7, 11) is -4.02. The number of halogens is 1. The highest BCUT2D eigenvalue weighted by molar-refractivity contribution is 7.89. The first-order valence-electron chi connectivity index (χ1n) is 9.30. The first kappa shape index (κ1) is 22.2. The van der Waals surface area contributed by atoms with Gasteiger partial charge in [-0.05, 0) is 48.9 Å². The van der Waals surface area contributed by atoms with Crippen molar-refractivity contribution in [2.75, 3.05) is 26.4 Å². The van der Waals surface area contributed by atoms with Gasteiger partial charge < -0.3 is 9.47 Å². The third-order valence-electron chi connectivity index (χ3n) is 4.95. The Hall–Kier alpha value is -2.53. The molecule has 0 saturated carbocycles. The highest BCUT2D eigenvalue weighted by Gasteiger charge is 2.48. The SMILES string of the molecule is C[C@]1(C(=O)NO)COCCN1S(=O)(=O)c1ccc(OCCc2ccc(F)cc2)cc1. The van der Waals surface area contributed by atoms with Crippen molar-refractivity contribution in [3.63, 3.8) is 0 Å². The molecule has 0 radical (unpaired) electrons. The van der Waals surface area contributed by atoms with E-state index in [9.17, 15) is 17.6 Å². The van der Waals surface area contributed by atoms with Crippen LogP contribution in [0, 0.1) is 5.82 Å². The van der Waals surface area contributed by atoms with Gasteiger partial charge in [-0.3, -0.25) is 10.0 Å². The van der Waals surface area contributed by atoms with E-state index >= 15 is 0 Å². The first-order chi connectivity index (χ1) is 14.3. The number of carbonyl (C=O) groups is 1. The molecule has 2 N–H and O–H groups in total. The van der Waals surface area contributed by atoms with Crippen LogP contribution in [0.1, 0.15) is 12.5 Å². The molecule has 0 aliphatic carbocycles. The second-order valence-electron chi connectivity index (χ2n) is 7.04. The van der Waals surface area contributed by atoms with Crippen LogP contribution in [0.3, 0.4) is 0 Å². The zero-order valence-corrected chi connectivity index (χ0v) is 17.2. The Morgan fingerprint density at radius 1 is 1.23 bits per heavy atom. The van der Waals surface area contributed by atoms with E-state index in [-0.39, 0.29) is 30.5 Å². The molecule has 0 bridgehead atoms. The van der Waals surface area contributed by atoms with Crippen molar-refractivity contribution in [2.45, 2.75) is 23.8 Å². The molecule has 1 saturated heterocycles. The molecule has 3 rings (SSSR count). The smallest absolute Gasteiger partial charge is 0.266 e. The summed E-state index contributed by atoms with van der Waals surface area (Å²) in [6.45, 7) is 1.67. The Labute approximate surface area is 174 Å². The highest BCUT2D eigenvalue weighted by Crippen LogP contribution is 2.29. The minimum atomic E-state index is -4.02. The lowest BCUT2D eigenvalue weighted by atomic mass is 10.0. The fraction of sp³-hybridized carbons (Fsp3) is 0.350. The van der Waals surface area contributed by atoms with Crippen molar-refractivity contribution in [3.05, 3.63) is 59.9 Å². The van der Waals surface area contributed by atoms with E-state index in [0.29, 0.717) is 18.8 Å². The fourth-order valence-corrected chi connectivity index (χ4v) is 4.91. The number of hydrogen-bond donors (Lipinski definition) is 2. The summed E-state index contributed by atoms with van der Waals surface area (Å²) >= 11 is 0. The van der Waals surface area contributed by atoms with Crippen molar-refractivity contribution in [3.8, 4) is 5.75 Å². The summed E-state index contributed by atoms with van der Waals surface area (Å²) < 4.78 is 51.0. The second-order valence-corrected chi connectivity index (χ2v) is 8.90. The number of carbonyl (C=O) groups excluding carboxylic acids is 1. The third kappa shape index (κ3) is 4.62. The molecule has 162 valence electrons. The number of benzene rings is 2. The molecule has 30 heavy (non-hydrogen) atoms. The number of hydrogen-bond acceptors (Lipinski definition) is 6. The van der Waals surface area contributed by atoms with Crippen LogP contribution < -0.4 is 10.2 Å². The van der Waals surface area contributed by atoms with Crippen LogP contribution >= 0.6 is 0 Å². The Kier molecular flexibility index (Phi) is 6.71. The van der Waals surface area contributed by atoms with Gasteiger partial charge in [-0.15, -0.1) is 0 Å². The average Bonchev–Trinajstić information content (AvgIpc) is 2.75. The van der Waals surface area contributed by atoms with Crippen LogP contribution in [0.15, 0.2) is 53.4 Å². The molecule has 1 aliphatic rings. The number of hydroxylamine groups is 1. The van der Waals surface area contributed by atoms with Crippen LogP contribution in [0.4, 0.5) is 4.39 Å². The van der Waals surface area contributed by atoms with Crippen molar-refractivity contribution < 1.29 is 32.3 Å².